The highest BCUT2D eigenvalue weighted by atomic mass is 35.5. The van der Waals surface area contributed by atoms with Crippen LogP contribution < -0.4 is 9.47 Å². The van der Waals surface area contributed by atoms with Crippen molar-refractivity contribution in [2.45, 2.75) is 32.6 Å². The van der Waals surface area contributed by atoms with Gasteiger partial charge in [-0.2, -0.15) is 5.10 Å². The molecule has 0 saturated carbocycles. The van der Waals surface area contributed by atoms with E-state index < -0.39 is 12.2 Å². The molecular weight excluding hydrogens is 448 g/mol. The number of benzene rings is 1. The third kappa shape index (κ3) is 5.66. The molecule has 1 saturated heterocycles. The van der Waals surface area contributed by atoms with Gasteiger partial charge in [0.15, 0.2) is 6.10 Å². The van der Waals surface area contributed by atoms with Gasteiger partial charge in [-0.3, -0.25) is 4.68 Å². The average Bonchev–Trinajstić information content (AvgIpc) is 3.28. The van der Waals surface area contributed by atoms with Crippen LogP contribution in [0.1, 0.15) is 18.2 Å². The summed E-state index contributed by atoms with van der Waals surface area (Å²) < 4.78 is 22.8. The van der Waals surface area contributed by atoms with Crippen LogP contribution >= 0.6 is 11.6 Å². The summed E-state index contributed by atoms with van der Waals surface area (Å²) in [6.45, 7) is 4.67. The van der Waals surface area contributed by atoms with Gasteiger partial charge in [-0.05, 0) is 31.5 Å². The van der Waals surface area contributed by atoms with E-state index in [0.717, 1.165) is 22.4 Å². The number of methoxy groups -OCH3 is 2. The monoisotopic (exact) mass is 476 g/mol. The number of halogens is 1. The number of hydrogen-bond donors (Lipinski definition) is 0. The fourth-order valence-electron chi connectivity index (χ4n) is 3.49. The van der Waals surface area contributed by atoms with Crippen LogP contribution in [0.25, 0.3) is 10.9 Å². The fourth-order valence-corrected chi connectivity index (χ4v) is 3.67. The minimum Gasteiger partial charge on any atom is -0.497 e. The lowest BCUT2D eigenvalue weighted by Gasteiger charge is -2.19. The molecule has 33 heavy (non-hydrogen) atoms. The van der Waals surface area contributed by atoms with Crippen LogP contribution in [0.2, 0.25) is 5.15 Å². The van der Waals surface area contributed by atoms with Gasteiger partial charge in [0.25, 0.3) is 0 Å². The summed E-state index contributed by atoms with van der Waals surface area (Å²) in [5.41, 5.74) is 2.62. The standard InChI is InChI=1S/C21H23ClN4O4.C2H6O/c1-12-19-16(24-25(12)3)9-18(22)23-20(19)29-13(2)17-11-26(21(27)30-17)10-14-5-7-15(28-4)8-6-14;1-3-2/h5-9,13,17H,10-11H2,1-4H3;1-2H3. The molecule has 0 spiro atoms. The first-order chi connectivity index (χ1) is 15.8. The zero-order chi connectivity index (χ0) is 24.1. The number of cyclic esters (lactones) is 1. The maximum Gasteiger partial charge on any atom is 0.410 e. The topological polar surface area (TPSA) is 87.9 Å². The summed E-state index contributed by atoms with van der Waals surface area (Å²) in [4.78, 5) is 18.4. The zero-order valence-electron chi connectivity index (χ0n) is 19.7. The van der Waals surface area contributed by atoms with Crippen molar-refractivity contribution in [3.63, 3.8) is 0 Å². The molecular formula is C23H29ClN4O5. The van der Waals surface area contributed by atoms with E-state index >= 15 is 0 Å². The second kappa shape index (κ2) is 10.7. The molecule has 178 valence electrons. The molecule has 0 bridgehead atoms. The van der Waals surface area contributed by atoms with Crippen LogP contribution in [0.4, 0.5) is 4.79 Å². The zero-order valence-corrected chi connectivity index (χ0v) is 20.4. The van der Waals surface area contributed by atoms with Crippen molar-refractivity contribution in [1.82, 2.24) is 19.7 Å². The Kier molecular flexibility index (Phi) is 7.99. The van der Waals surface area contributed by atoms with E-state index in [1.165, 1.54) is 0 Å². The molecule has 1 aliphatic rings. The lowest BCUT2D eigenvalue weighted by molar-refractivity contribution is 0.0562. The number of aryl methyl sites for hydroxylation is 2. The highest BCUT2D eigenvalue weighted by molar-refractivity contribution is 6.30. The number of pyridine rings is 1. The van der Waals surface area contributed by atoms with Crippen LogP contribution in [-0.2, 0) is 23.1 Å². The van der Waals surface area contributed by atoms with Gasteiger partial charge >= 0.3 is 6.09 Å². The van der Waals surface area contributed by atoms with Gasteiger partial charge in [0, 0.05) is 39.6 Å². The Balaban J connectivity index is 0.000000968. The van der Waals surface area contributed by atoms with Gasteiger partial charge in [-0.1, -0.05) is 23.7 Å². The van der Waals surface area contributed by atoms with Crippen LogP contribution in [0.5, 0.6) is 11.6 Å². The molecule has 9 nitrogen and oxygen atoms in total. The minimum atomic E-state index is -0.427. The Morgan fingerprint density at radius 1 is 1.24 bits per heavy atom. The van der Waals surface area contributed by atoms with E-state index in [-0.39, 0.29) is 6.09 Å². The maximum atomic E-state index is 12.4. The SMILES string of the molecule is COC.COc1ccc(CN2CC(C(C)Oc3nc(Cl)cc4nn(C)c(C)c34)OC2=O)cc1. The van der Waals surface area contributed by atoms with Crippen LogP contribution in [0.15, 0.2) is 30.3 Å². The second-order valence-electron chi connectivity index (χ2n) is 7.74. The maximum absolute atomic E-state index is 12.4. The average molecular weight is 477 g/mol. The van der Waals surface area contributed by atoms with Crippen LogP contribution in [0.3, 0.4) is 0 Å². The third-order valence-corrected chi connectivity index (χ3v) is 5.50. The Morgan fingerprint density at radius 2 is 1.91 bits per heavy atom. The minimum absolute atomic E-state index is 0.298. The number of ether oxygens (including phenoxy) is 4. The van der Waals surface area contributed by atoms with E-state index in [1.807, 2.05) is 45.2 Å². The lowest BCUT2D eigenvalue weighted by Crippen LogP contribution is -2.33. The molecule has 1 aliphatic heterocycles. The second-order valence-corrected chi connectivity index (χ2v) is 8.12. The van der Waals surface area contributed by atoms with Crippen molar-refractivity contribution >= 4 is 28.6 Å². The molecule has 1 fully saturated rings. The van der Waals surface area contributed by atoms with Gasteiger partial charge < -0.3 is 23.8 Å². The Labute approximate surface area is 198 Å². The largest absolute Gasteiger partial charge is 0.497 e. The molecule has 1 amide bonds. The first kappa shape index (κ1) is 24.6. The highest BCUT2D eigenvalue weighted by Gasteiger charge is 2.36. The first-order valence-corrected chi connectivity index (χ1v) is 10.8. The molecule has 0 aliphatic carbocycles. The van der Waals surface area contributed by atoms with E-state index in [2.05, 4.69) is 14.8 Å². The van der Waals surface area contributed by atoms with Gasteiger partial charge in [0.1, 0.15) is 22.5 Å². The molecule has 4 rings (SSSR count). The number of carbonyl (C=O) groups is 1. The number of hydrogen-bond acceptors (Lipinski definition) is 7. The van der Waals surface area contributed by atoms with Crippen LogP contribution in [-0.4, -0.2) is 65.8 Å². The number of nitrogens with zero attached hydrogens (tertiary/aromatic N) is 4. The normalized spacial score (nSPS) is 16.3. The molecule has 1 aromatic carbocycles. The third-order valence-electron chi connectivity index (χ3n) is 5.30. The van der Waals surface area contributed by atoms with E-state index in [9.17, 15) is 4.79 Å². The van der Waals surface area contributed by atoms with Crippen molar-refractivity contribution < 1.29 is 23.7 Å². The van der Waals surface area contributed by atoms with Gasteiger partial charge in [-0.25, -0.2) is 9.78 Å². The summed E-state index contributed by atoms with van der Waals surface area (Å²) in [7, 11) is 6.72. The first-order valence-electron chi connectivity index (χ1n) is 10.4. The number of fused-ring (bicyclic) bond motifs is 1. The summed E-state index contributed by atoms with van der Waals surface area (Å²) in [5.74, 6) is 1.16. The van der Waals surface area contributed by atoms with Crippen molar-refractivity contribution in [2.24, 2.45) is 7.05 Å². The highest BCUT2D eigenvalue weighted by Crippen LogP contribution is 2.30. The lowest BCUT2D eigenvalue weighted by atomic mass is 10.2. The van der Waals surface area contributed by atoms with Crippen molar-refractivity contribution in [3.05, 3.63) is 46.7 Å². The summed E-state index contributed by atoms with van der Waals surface area (Å²) in [6, 6.07) is 9.29. The van der Waals surface area contributed by atoms with E-state index in [4.69, 9.17) is 25.8 Å². The smallest absolute Gasteiger partial charge is 0.410 e. The number of amides is 1. The Bertz CT molecular complexity index is 1100. The molecule has 3 aromatic rings. The molecule has 0 N–H and O–H groups in total. The number of carbonyl (C=O) groups excluding carboxylic acids is 1. The number of rotatable bonds is 6. The predicted molar refractivity (Wildman–Crippen MR) is 125 cm³/mol. The van der Waals surface area contributed by atoms with Crippen molar-refractivity contribution in [2.75, 3.05) is 27.9 Å². The van der Waals surface area contributed by atoms with E-state index in [0.29, 0.717) is 29.6 Å². The quantitative estimate of drug-likeness (QED) is 0.497. The molecule has 3 heterocycles. The van der Waals surface area contributed by atoms with Gasteiger partial charge in [-0.15, -0.1) is 0 Å². The fraction of sp³-hybridized carbons (Fsp3) is 0.435. The van der Waals surface area contributed by atoms with E-state index in [1.54, 1.807) is 37.0 Å². The summed E-state index contributed by atoms with van der Waals surface area (Å²) in [6.07, 6.45) is -1.21. The van der Waals surface area contributed by atoms with Gasteiger partial charge in [0.05, 0.1) is 19.0 Å². The van der Waals surface area contributed by atoms with Crippen LogP contribution in [0, 0.1) is 6.92 Å². The Morgan fingerprint density at radius 3 is 2.55 bits per heavy atom. The van der Waals surface area contributed by atoms with Crippen molar-refractivity contribution in [3.8, 4) is 11.6 Å². The molecule has 2 unspecified atom stereocenters. The summed E-state index contributed by atoms with van der Waals surface area (Å²) >= 11 is 6.14. The molecule has 2 aromatic heterocycles. The summed E-state index contributed by atoms with van der Waals surface area (Å²) in [5, 5.41) is 5.53. The molecule has 10 heteroatoms. The molecule has 2 atom stereocenters. The predicted octanol–water partition coefficient (Wildman–Crippen LogP) is 3.99. The Hall–Kier alpha value is -3.04. The molecule has 0 radical (unpaired) electrons. The number of aromatic nitrogens is 3. The van der Waals surface area contributed by atoms with Gasteiger partial charge in [0.2, 0.25) is 5.88 Å². The van der Waals surface area contributed by atoms with Crippen molar-refractivity contribution in [1.29, 1.82) is 0 Å².